The van der Waals surface area contributed by atoms with Crippen molar-refractivity contribution in [1.29, 1.82) is 0 Å². The van der Waals surface area contributed by atoms with Crippen LogP contribution in [-0.4, -0.2) is 48.9 Å². The molecule has 2 aromatic heterocycles. The van der Waals surface area contributed by atoms with Gasteiger partial charge >= 0.3 is 0 Å². The lowest BCUT2D eigenvalue weighted by Gasteiger charge is -2.18. The molecule has 0 unspecified atom stereocenters. The second-order valence-electron chi connectivity index (χ2n) is 4.56. The summed E-state index contributed by atoms with van der Waals surface area (Å²) < 4.78 is 26.9. The predicted octanol–water partition coefficient (Wildman–Crippen LogP) is 0.969. The van der Waals surface area contributed by atoms with Crippen molar-refractivity contribution in [3.8, 4) is 0 Å². The van der Waals surface area contributed by atoms with Crippen LogP contribution in [0.15, 0.2) is 29.4 Å². The Balaban J connectivity index is 0.00000147. The summed E-state index contributed by atoms with van der Waals surface area (Å²) in [6.07, 6.45) is 4.01. The van der Waals surface area contributed by atoms with Crippen molar-refractivity contribution in [3.05, 3.63) is 24.5 Å². The first-order chi connectivity index (χ1) is 9.19. The molecule has 0 aliphatic carbocycles. The zero-order valence-electron chi connectivity index (χ0n) is 10.9. The summed E-state index contributed by atoms with van der Waals surface area (Å²) in [5.74, 6) is 0. The third kappa shape index (κ3) is 2.67. The Morgan fingerprint density at radius 2 is 2.10 bits per heavy atom. The summed E-state index contributed by atoms with van der Waals surface area (Å²) >= 11 is 0. The number of H-pyrrole nitrogens is 1. The lowest BCUT2D eigenvalue weighted by molar-refractivity contribution is 0.432. The van der Waals surface area contributed by atoms with Gasteiger partial charge in [-0.05, 0) is 25.1 Å². The summed E-state index contributed by atoms with van der Waals surface area (Å²) in [7, 11) is -3.45. The molecular formula is C12H17ClN4O2S. The maximum Gasteiger partial charge on any atom is 0.245 e. The first-order valence-electron chi connectivity index (χ1n) is 6.32. The van der Waals surface area contributed by atoms with Crippen molar-refractivity contribution in [2.24, 2.45) is 0 Å². The Morgan fingerprint density at radius 1 is 1.25 bits per heavy atom. The zero-order valence-corrected chi connectivity index (χ0v) is 12.5. The van der Waals surface area contributed by atoms with Gasteiger partial charge in [-0.15, -0.1) is 12.4 Å². The number of aromatic amines is 1. The second kappa shape index (κ2) is 6.09. The van der Waals surface area contributed by atoms with Crippen molar-refractivity contribution in [1.82, 2.24) is 19.6 Å². The van der Waals surface area contributed by atoms with E-state index in [4.69, 9.17) is 0 Å². The molecule has 20 heavy (non-hydrogen) atoms. The Morgan fingerprint density at radius 3 is 2.95 bits per heavy atom. The van der Waals surface area contributed by atoms with Crippen LogP contribution in [0.3, 0.4) is 0 Å². The molecule has 3 heterocycles. The van der Waals surface area contributed by atoms with Crippen LogP contribution >= 0.6 is 12.4 Å². The molecule has 0 saturated carbocycles. The summed E-state index contributed by atoms with van der Waals surface area (Å²) in [5.41, 5.74) is 0.606. The van der Waals surface area contributed by atoms with Crippen LogP contribution in [0.5, 0.6) is 0 Å². The van der Waals surface area contributed by atoms with Crippen LogP contribution in [0.4, 0.5) is 0 Å². The quantitative estimate of drug-likeness (QED) is 0.865. The topological polar surface area (TPSA) is 78.1 Å². The largest absolute Gasteiger partial charge is 0.345 e. The maximum absolute atomic E-state index is 12.7. The fourth-order valence-corrected chi connectivity index (χ4v) is 3.97. The molecule has 8 heteroatoms. The second-order valence-corrected chi connectivity index (χ2v) is 6.47. The molecule has 6 nitrogen and oxygen atoms in total. The third-order valence-corrected chi connectivity index (χ3v) is 5.27. The van der Waals surface area contributed by atoms with E-state index in [1.807, 2.05) is 0 Å². The molecule has 1 fully saturated rings. The smallest absolute Gasteiger partial charge is 0.245 e. The fourth-order valence-electron chi connectivity index (χ4n) is 2.34. The Labute approximate surface area is 124 Å². The van der Waals surface area contributed by atoms with Crippen LogP contribution in [0.2, 0.25) is 0 Å². The van der Waals surface area contributed by atoms with E-state index < -0.39 is 10.0 Å². The summed E-state index contributed by atoms with van der Waals surface area (Å²) in [6, 6.07) is 3.53. The van der Waals surface area contributed by atoms with Crippen LogP contribution in [-0.2, 0) is 10.0 Å². The number of aromatic nitrogens is 2. The van der Waals surface area contributed by atoms with Crippen LogP contribution in [0, 0.1) is 0 Å². The SMILES string of the molecule is Cl.O=S(=O)(c1c[nH]c2ncccc12)N1CCCNCC1. The molecular weight excluding hydrogens is 300 g/mol. The number of nitrogens with one attached hydrogen (secondary N) is 2. The van der Waals surface area contributed by atoms with E-state index in [0.717, 1.165) is 13.0 Å². The molecule has 3 rings (SSSR count). The van der Waals surface area contributed by atoms with E-state index >= 15 is 0 Å². The van der Waals surface area contributed by atoms with E-state index in [1.54, 1.807) is 22.6 Å². The molecule has 0 atom stereocenters. The molecule has 1 aliphatic rings. The number of sulfonamides is 1. The van der Waals surface area contributed by atoms with Gasteiger partial charge < -0.3 is 10.3 Å². The first kappa shape index (κ1) is 15.2. The number of fused-ring (bicyclic) bond motifs is 1. The summed E-state index contributed by atoms with van der Waals surface area (Å²) in [5, 5.41) is 3.86. The summed E-state index contributed by atoms with van der Waals surface area (Å²) in [4.78, 5) is 7.36. The minimum atomic E-state index is -3.45. The molecule has 0 spiro atoms. The Bertz CT molecular complexity index is 678. The number of halogens is 1. The van der Waals surface area contributed by atoms with E-state index in [0.29, 0.717) is 35.6 Å². The monoisotopic (exact) mass is 316 g/mol. The average Bonchev–Trinajstić information content (AvgIpc) is 2.65. The van der Waals surface area contributed by atoms with Gasteiger partial charge in [0.05, 0.1) is 0 Å². The standard InChI is InChI=1S/C12H16N4O2S.ClH/c17-19(18,16-7-2-4-13-6-8-16)11-9-15-12-10(11)3-1-5-14-12;/h1,3,5,9,13H,2,4,6-8H2,(H,14,15);1H. The minimum Gasteiger partial charge on any atom is -0.345 e. The van der Waals surface area contributed by atoms with Gasteiger partial charge in [0.2, 0.25) is 10.0 Å². The molecule has 110 valence electrons. The molecule has 1 saturated heterocycles. The number of nitrogens with zero attached hydrogens (tertiary/aromatic N) is 2. The number of rotatable bonds is 2. The first-order valence-corrected chi connectivity index (χ1v) is 7.76. The third-order valence-electron chi connectivity index (χ3n) is 3.33. The van der Waals surface area contributed by atoms with Gasteiger partial charge in [-0.1, -0.05) is 0 Å². The number of hydrogen-bond donors (Lipinski definition) is 2. The molecule has 0 aromatic carbocycles. The highest BCUT2D eigenvalue weighted by Gasteiger charge is 2.27. The highest BCUT2D eigenvalue weighted by molar-refractivity contribution is 7.89. The van der Waals surface area contributed by atoms with Crippen LogP contribution in [0.25, 0.3) is 11.0 Å². The fraction of sp³-hybridized carbons (Fsp3) is 0.417. The lowest BCUT2D eigenvalue weighted by atomic mass is 10.3. The van der Waals surface area contributed by atoms with Crippen molar-refractivity contribution < 1.29 is 8.42 Å². The number of pyridine rings is 1. The van der Waals surface area contributed by atoms with Crippen LogP contribution in [0.1, 0.15) is 6.42 Å². The maximum atomic E-state index is 12.7. The molecule has 1 aliphatic heterocycles. The predicted molar refractivity (Wildman–Crippen MR) is 79.6 cm³/mol. The summed E-state index contributed by atoms with van der Waals surface area (Å²) in [6.45, 7) is 2.62. The van der Waals surface area contributed by atoms with E-state index in [9.17, 15) is 8.42 Å². The Hall–Kier alpha value is -1.15. The van der Waals surface area contributed by atoms with Gasteiger partial charge in [-0.25, -0.2) is 13.4 Å². The van der Waals surface area contributed by atoms with Crippen molar-refractivity contribution in [3.63, 3.8) is 0 Å². The molecule has 0 bridgehead atoms. The Kier molecular flexibility index (Phi) is 4.64. The number of hydrogen-bond acceptors (Lipinski definition) is 4. The van der Waals surface area contributed by atoms with Gasteiger partial charge in [-0.2, -0.15) is 4.31 Å². The van der Waals surface area contributed by atoms with Crippen molar-refractivity contribution in [2.45, 2.75) is 11.3 Å². The highest BCUT2D eigenvalue weighted by atomic mass is 35.5. The van der Waals surface area contributed by atoms with E-state index in [1.165, 1.54) is 6.20 Å². The molecule has 2 aromatic rings. The lowest BCUT2D eigenvalue weighted by Crippen LogP contribution is -2.34. The highest BCUT2D eigenvalue weighted by Crippen LogP contribution is 2.24. The van der Waals surface area contributed by atoms with Gasteiger partial charge in [0.25, 0.3) is 0 Å². The van der Waals surface area contributed by atoms with E-state index in [-0.39, 0.29) is 12.4 Å². The van der Waals surface area contributed by atoms with Crippen LogP contribution < -0.4 is 5.32 Å². The minimum absolute atomic E-state index is 0. The molecule has 0 amide bonds. The van der Waals surface area contributed by atoms with Gasteiger partial charge in [0.15, 0.2) is 0 Å². The van der Waals surface area contributed by atoms with E-state index in [2.05, 4.69) is 15.3 Å². The van der Waals surface area contributed by atoms with Crippen molar-refractivity contribution in [2.75, 3.05) is 26.2 Å². The van der Waals surface area contributed by atoms with Crippen molar-refractivity contribution >= 4 is 33.5 Å². The zero-order chi connectivity index (χ0) is 13.3. The van der Waals surface area contributed by atoms with Gasteiger partial charge in [-0.3, -0.25) is 0 Å². The van der Waals surface area contributed by atoms with Gasteiger partial charge in [0, 0.05) is 37.4 Å². The average molecular weight is 317 g/mol. The molecule has 0 radical (unpaired) electrons. The van der Waals surface area contributed by atoms with Gasteiger partial charge in [0.1, 0.15) is 10.5 Å². The normalized spacial score (nSPS) is 17.6. The molecule has 2 N–H and O–H groups in total.